The lowest BCUT2D eigenvalue weighted by Crippen LogP contribution is -2.31. The van der Waals surface area contributed by atoms with E-state index in [-0.39, 0.29) is 36.7 Å². The Morgan fingerprint density at radius 2 is 1.93 bits per heavy atom. The number of sulfonamides is 1. The van der Waals surface area contributed by atoms with Crippen LogP contribution >= 0.6 is 11.8 Å². The third kappa shape index (κ3) is 6.75. The highest BCUT2D eigenvalue weighted by Crippen LogP contribution is 2.27. The molecule has 0 atom stereocenters. The van der Waals surface area contributed by atoms with Gasteiger partial charge in [-0.25, -0.2) is 8.42 Å². The summed E-state index contributed by atoms with van der Waals surface area (Å²) in [5.74, 6) is 0.654. The van der Waals surface area contributed by atoms with Gasteiger partial charge in [0.15, 0.2) is 0 Å². The second kappa shape index (κ2) is 10.3. The Labute approximate surface area is 174 Å². The molecule has 29 heavy (non-hydrogen) atoms. The first kappa shape index (κ1) is 22.7. The fourth-order valence-corrected chi connectivity index (χ4v) is 4.41. The Hall–Kier alpha value is -2.59. The molecule has 0 unspecified atom stereocenters. The number of nitro benzene ring substituents is 1. The lowest BCUT2D eigenvalue weighted by Gasteiger charge is -2.22. The standard InChI is InChI=1S/C19H23N3O5S2/c1-3-28-18-11-5-4-10-17(18)20-19(23)12-7-13-21(29(2,26)27)15-8-6-9-16(14-15)22(24)25/h4-6,8-11,14H,3,7,12-13H2,1-2H3,(H,20,23). The minimum absolute atomic E-state index is 0.0405. The molecule has 0 saturated heterocycles. The van der Waals surface area contributed by atoms with Gasteiger partial charge in [0.05, 0.1) is 22.6 Å². The molecule has 8 nitrogen and oxygen atoms in total. The van der Waals surface area contributed by atoms with Gasteiger partial charge in [0.1, 0.15) is 0 Å². The summed E-state index contributed by atoms with van der Waals surface area (Å²) in [6.45, 7) is 2.07. The van der Waals surface area contributed by atoms with Crippen LogP contribution in [0.4, 0.5) is 17.1 Å². The van der Waals surface area contributed by atoms with Gasteiger partial charge >= 0.3 is 0 Å². The van der Waals surface area contributed by atoms with E-state index in [0.717, 1.165) is 26.9 Å². The molecule has 2 rings (SSSR count). The van der Waals surface area contributed by atoms with Crippen LogP contribution in [0.5, 0.6) is 0 Å². The van der Waals surface area contributed by atoms with Gasteiger partial charge in [-0.1, -0.05) is 25.1 Å². The van der Waals surface area contributed by atoms with Crippen LogP contribution in [0, 0.1) is 10.1 Å². The van der Waals surface area contributed by atoms with Gasteiger partial charge in [-0.15, -0.1) is 11.8 Å². The van der Waals surface area contributed by atoms with Gasteiger partial charge in [-0.3, -0.25) is 19.2 Å². The van der Waals surface area contributed by atoms with Gasteiger partial charge < -0.3 is 5.32 Å². The second-order valence-corrected chi connectivity index (χ2v) is 9.41. The molecule has 0 heterocycles. The first-order valence-electron chi connectivity index (χ1n) is 8.96. The molecule has 0 aromatic heterocycles. The van der Waals surface area contributed by atoms with Crippen molar-refractivity contribution in [3.8, 4) is 0 Å². The number of amides is 1. The molecule has 0 aliphatic rings. The summed E-state index contributed by atoms with van der Waals surface area (Å²) >= 11 is 1.62. The van der Waals surface area contributed by atoms with Crippen LogP contribution < -0.4 is 9.62 Å². The van der Waals surface area contributed by atoms with Crippen molar-refractivity contribution in [1.29, 1.82) is 0 Å². The SMILES string of the molecule is CCSc1ccccc1NC(=O)CCCN(c1cccc([N+](=O)[O-])c1)S(C)(=O)=O. The number of carbonyl (C=O) groups is 1. The highest BCUT2D eigenvalue weighted by atomic mass is 32.2. The van der Waals surface area contributed by atoms with Crippen LogP contribution in [0.25, 0.3) is 0 Å². The normalized spacial score (nSPS) is 11.1. The molecule has 0 spiro atoms. The minimum atomic E-state index is -3.66. The predicted octanol–water partition coefficient (Wildman–Crippen LogP) is 3.89. The van der Waals surface area contributed by atoms with Gasteiger partial charge in [0.2, 0.25) is 15.9 Å². The van der Waals surface area contributed by atoms with Crippen LogP contribution in [0.2, 0.25) is 0 Å². The second-order valence-electron chi connectivity index (χ2n) is 6.19. The number of benzene rings is 2. The monoisotopic (exact) mass is 437 g/mol. The first-order chi connectivity index (χ1) is 13.7. The molecule has 10 heteroatoms. The molecule has 0 fully saturated rings. The number of rotatable bonds is 10. The van der Waals surface area contributed by atoms with E-state index in [9.17, 15) is 23.3 Å². The number of hydrogen-bond acceptors (Lipinski definition) is 6. The lowest BCUT2D eigenvalue weighted by molar-refractivity contribution is -0.384. The zero-order chi connectivity index (χ0) is 21.4. The van der Waals surface area contributed by atoms with Gasteiger partial charge in [-0.05, 0) is 30.4 Å². The van der Waals surface area contributed by atoms with Gasteiger partial charge in [-0.2, -0.15) is 0 Å². The highest BCUT2D eigenvalue weighted by molar-refractivity contribution is 7.99. The average Bonchev–Trinajstić information content (AvgIpc) is 2.66. The number of hydrogen-bond donors (Lipinski definition) is 1. The summed E-state index contributed by atoms with van der Waals surface area (Å²) < 4.78 is 25.4. The third-order valence-corrected chi connectivity index (χ3v) is 6.10. The van der Waals surface area contributed by atoms with E-state index in [0.29, 0.717) is 0 Å². The van der Waals surface area contributed by atoms with E-state index in [2.05, 4.69) is 5.32 Å². The average molecular weight is 438 g/mol. The fourth-order valence-electron chi connectivity index (χ4n) is 2.70. The molecule has 1 N–H and O–H groups in total. The number of nitro groups is 1. The number of carbonyl (C=O) groups excluding carboxylic acids is 1. The summed E-state index contributed by atoms with van der Waals surface area (Å²) in [5, 5.41) is 13.8. The maximum absolute atomic E-state index is 12.3. The molecule has 2 aromatic carbocycles. The maximum Gasteiger partial charge on any atom is 0.271 e. The Bertz CT molecular complexity index is 979. The van der Waals surface area contributed by atoms with Crippen molar-refractivity contribution in [3.05, 3.63) is 58.6 Å². The van der Waals surface area contributed by atoms with E-state index in [1.807, 2.05) is 31.2 Å². The van der Waals surface area contributed by atoms with Crippen molar-refractivity contribution >= 4 is 44.8 Å². The zero-order valence-corrected chi connectivity index (χ0v) is 17.8. The molecule has 1 amide bonds. The van der Waals surface area contributed by atoms with Crippen molar-refractivity contribution in [3.63, 3.8) is 0 Å². The van der Waals surface area contributed by atoms with E-state index < -0.39 is 14.9 Å². The van der Waals surface area contributed by atoms with Gasteiger partial charge in [0, 0.05) is 30.0 Å². The Morgan fingerprint density at radius 3 is 2.59 bits per heavy atom. The third-order valence-electron chi connectivity index (χ3n) is 3.95. The summed E-state index contributed by atoms with van der Waals surface area (Å²) in [4.78, 5) is 23.7. The number of nitrogens with zero attached hydrogens (tertiary/aromatic N) is 2. The summed E-state index contributed by atoms with van der Waals surface area (Å²) in [6, 6.07) is 12.9. The Kier molecular flexibility index (Phi) is 8.03. The molecule has 2 aromatic rings. The van der Waals surface area contributed by atoms with Crippen molar-refractivity contribution in [2.24, 2.45) is 0 Å². The number of para-hydroxylation sites is 1. The molecular formula is C19H23N3O5S2. The topological polar surface area (TPSA) is 110 Å². The molecule has 0 aliphatic heterocycles. The van der Waals surface area contributed by atoms with Crippen molar-refractivity contribution in [2.45, 2.75) is 24.7 Å². The predicted molar refractivity (Wildman–Crippen MR) is 116 cm³/mol. The largest absolute Gasteiger partial charge is 0.325 e. The molecule has 0 bridgehead atoms. The number of anilines is 2. The van der Waals surface area contributed by atoms with Crippen molar-refractivity contribution in [2.75, 3.05) is 28.2 Å². The van der Waals surface area contributed by atoms with Crippen LogP contribution in [-0.4, -0.2) is 37.8 Å². The molecule has 0 aliphatic carbocycles. The Balaban J connectivity index is 2.03. The van der Waals surface area contributed by atoms with E-state index in [1.54, 1.807) is 11.8 Å². The van der Waals surface area contributed by atoms with E-state index >= 15 is 0 Å². The summed E-state index contributed by atoms with van der Waals surface area (Å²) in [7, 11) is -3.66. The number of nitrogens with one attached hydrogen (secondary N) is 1. The first-order valence-corrected chi connectivity index (χ1v) is 11.8. The van der Waals surface area contributed by atoms with Crippen LogP contribution in [0.1, 0.15) is 19.8 Å². The van der Waals surface area contributed by atoms with E-state index in [1.165, 1.54) is 24.3 Å². The molecule has 156 valence electrons. The number of thioether (sulfide) groups is 1. The molecule has 0 saturated carbocycles. The van der Waals surface area contributed by atoms with Crippen LogP contribution in [-0.2, 0) is 14.8 Å². The molecular weight excluding hydrogens is 414 g/mol. The quantitative estimate of drug-likeness (QED) is 0.343. The summed E-state index contributed by atoms with van der Waals surface area (Å²) in [5.41, 5.74) is 0.730. The Morgan fingerprint density at radius 1 is 1.21 bits per heavy atom. The molecule has 0 radical (unpaired) electrons. The zero-order valence-electron chi connectivity index (χ0n) is 16.2. The van der Waals surface area contributed by atoms with Gasteiger partial charge in [0.25, 0.3) is 5.69 Å². The van der Waals surface area contributed by atoms with Crippen LogP contribution in [0.3, 0.4) is 0 Å². The summed E-state index contributed by atoms with van der Waals surface area (Å²) in [6.07, 6.45) is 1.42. The van der Waals surface area contributed by atoms with E-state index in [4.69, 9.17) is 0 Å². The minimum Gasteiger partial charge on any atom is -0.325 e. The number of non-ortho nitro benzene ring substituents is 1. The highest BCUT2D eigenvalue weighted by Gasteiger charge is 2.20. The van der Waals surface area contributed by atoms with Crippen LogP contribution in [0.15, 0.2) is 53.4 Å². The van der Waals surface area contributed by atoms with Crippen molar-refractivity contribution in [1.82, 2.24) is 0 Å². The smallest absolute Gasteiger partial charge is 0.271 e. The fraction of sp³-hybridized carbons (Fsp3) is 0.316. The lowest BCUT2D eigenvalue weighted by atomic mass is 10.2. The maximum atomic E-state index is 12.3. The van der Waals surface area contributed by atoms with Crippen molar-refractivity contribution < 1.29 is 18.1 Å².